The molecule has 0 aliphatic heterocycles. The molecule has 0 fully saturated rings. The zero-order valence-corrected chi connectivity index (χ0v) is 17.6. The number of carbonyl (C=O) groups excluding carboxylic acids is 2. The quantitative estimate of drug-likeness (QED) is 0.358. The van der Waals surface area contributed by atoms with Gasteiger partial charge in [0.25, 0.3) is 5.56 Å². The maximum atomic E-state index is 13.2. The number of hydrogen-bond acceptors (Lipinski definition) is 8. The minimum absolute atomic E-state index is 0.0112. The molecule has 8 nitrogen and oxygen atoms in total. The van der Waals surface area contributed by atoms with Crippen molar-refractivity contribution in [1.29, 1.82) is 5.26 Å². The first-order chi connectivity index (χ1) is 14.8. The third-order valence-electron chi connectivity index (χ3n) is 4.46. The van der Waals surface area contributed by atoms with Gasteiger partial charge in [-0.15, -0.1) is 0 Å². The van der Waals surface area contributed by atoms with E-state index in [4.69, 9.17) is 9.47 Å². The van der Waals surface area contributed by atoms with Crippen molar-refractivity contribution in [2.75, 3.05) is 0 Å². The second-order valence-corrected chi connectivity index (χ2v) is 7.80. The van der Waals surface area contributed by atoms with Crippen molar-refractivity contribution in [3.63, 3.8) is 0 Å². The molecule has 0 bridgehead atoms. The first-order valence-electron chi connectivity index (χ1n) is 9.15. The van der Waals surface area contributed by atoms with E-state index in [9.17, 15) is 19.6 Å². The summed E-state index contributed by atoms with van der Waals surface area (Å²) in [5.74, 6) is -1.16. The average molecular weight is 433 g/mol. The van der Waals surface area contributed by atoms with Crippen LogP contribution in [-0.2, 0) is 9.59 Å². The first kappa shape index (κ1) is 20.3. The van der Waals surface area contributed by atoms with Crippen molar-refractivity contribution < 1.29 is 19.1 Å². The smallest absolute Gasteiger partial charge is 0.308 e. The standard InChI is InChI=1S/C22H15N3O5S/c1-11-4-6-14(7-5-11)20-15(10-23)21(28)25-16-8-17(29-12(2)26)18(30-13(3)27)9-19(16)31-22(25)24-20/h4-9H,1-3H3. The van der Waals surface area contributed by atoms with Crippen molar-refractivity contribution in [2.24, 2.45) is 0 Å². The zero-order valence-electron chi connectivity index (χ0n) is 16.8. The number of nitrogens with zero attached hydrogens (tertiary/aromatic N) is 3. The van der Waals surface area contributed by atoms with Gasteiger partial charge in [0.1, 0.15) is 11.6 Å². The van der Waals surface area contributed by atoms with Crippen molar-refractivity contribution in [2.45, 2.75) is 20.8 Å². The molecule has 0 saturated heterocycles. The van der Waals surface area contributed by atoms with Gasteiger partial charge in [-0.3, -0.25) is 14.4 Å². The van der Waals surface area contributed by atoms with Gasteiger partial charge in [0, 0.05) is 31.5 Å². The van der Waals surface area contributed by atoms with Crippen LogP contribution in [0.1, 0.15) is 25.0 Å². The Labute approximate surface area is 179 Å². The van der Waals surface area contributed by atoms with Crippen LogP contribution in [0.15, 0.2) is 41.2 Å². The van der Waals surface area contributed by atoms with E-state index in [2.05, 4.69) is 4.98 Å². The van der Waals surface area contributed by atoms with E-state index in [1.807, 2.05) is 25.1 Å². The molecule has 154 valence electrons. The topological polar surface area (TPSA) is 111 Å². The fourth-order valence-electron chi connectivity index (χ4n) is 3.16. The molecule has 0 amide bonds. The van der Waals surface area contributed by atoms with E-state index in [1.165, 1.54) is 41.7 Å². The minimum atomic E-state index is -0.614. The third kappa shape index (κ3) is 3.65. The minimum Gasteiger partial charge on any atom is -0.423 e. The predicted molar refractivity (Wildman–Crippen MR) is 114 cm³/mol. The van der Waals surface area contributed by atoms with Crippen LogP contribution >= 0.6 is 11.3 Å². The highest BCUT2D eigenvalue weighted by atomic mass is 32.1. The highest BCUT2D eigenvalue weighted by Gasteiger charge is 2.20. The van der Waals surface area contributed by atoms with E-state index in [0.717, 1.165) is 5.56 Å². The Morgan fingerprint density at radius 2 is 1.68 bits per heavy atom. The highest BCUT2D eigenvalue weighted by molar-refractivity contribution is 7.23. The summed E-state index contributed by atoms with van der Waals surface area (Å²) in [6.07, 6.45) is 0. The van der Waals surface area contributed by atoms with Crippen LogP contribution in [0.5, 0.6) is 11.5 Å². The highest BCUT2D eigenvalue weighted by Crippen LogP contribution is 2.37. The number of thiazole rings is 1. The van der Waals surface area contributed by atoms with Gasteiger partial charge in [-0.25, -0.2) is 9.38 Å². The Balaban J connectivity index is 2.04. The van der Waals surface area contributed by atoms with Gasteiger partial charge in [0.2, 0.25) is 0 Å². The number of rotatable bonds is 3. The summed E-state index contributed by atoms with van der Waals surface area (Å²) in [6, 6.07) is 12.3. The number of aromatic nitrogens is 2. The molecule has 0 spiro atoms. The van der Waals surface area contributed by atoms with Crippen LogP contribution < -0.4 is 15.0 Å². The number of aryl methyl sites for hydroxylation is 1. The van der Waals surface area contributed by atoms with Gasteiger partial charge in [0.05, 0.1) is 15.9 Å². The zero-order chi connectivity index (χ0) is 22.3. The number of fused-ring (bicyclic) bond motifs is 3. The molecule has 2 heterocycles. The SMILES string of the molecule is CC(=O)Oc1cc2sc3nc(-c4ccc(C)cc4)c(C#N)c(=O)n3c2cc1OC(C)=O. The van der Waals surface area contributed by atoms with Gasteiger partial charge in [-0.05, 0) is 6.92 Å². The lowest BCUT2D eigenvalue weighted by atomic mass is 10.1. The number of carbonyl (C=O) groups is 2. The lowest BCUT2D eigenvalue weighted by molar-refractivity contribution is -0.134. The largest absolute Gasteiger partial charge is 0.423 e. The number of ether oxygens (including phenoxy) is 2. The Kier molecular flexibility index (Phi) is 5.01. The first-order valence-corrected chi connectivity index (χ1v) is 9.97. The maximum Gasteiger partial charge on any atom is 0.308 e. The molecule has 31 heavy (non-hydrogen) atoms. The Morgan fingerprint density at radius 3 is 2.26 bits per heavy atom. The molecule has 0 atom stereocenters. The van der Waals surface area contributed by atoms with Crippen LogP contribution in [0, 0.1) is 18.3 Å². The summed E-state index contributed by atoms with van der Waals surface area (Å²) >= 11 is 1.19. The molecule has 4 rings (SSSR count). The van der Waals surface area contributed by atoms with Crippen molar-refractivity contribution in [1.82, 2.24) is 9.38 Å². The van der Waals surface area contributed by atoms with Gasteiger partial charge >= 0.3 is 11.9 Å². The fraction of sp³-hybridized carbons (Fsp3) is 0.136. The molecular formula is C22H15N3O5S. The van der Waals surface area contributed by atoms with E-state index >= 15 is 0 Å². The van der Waals surface area contributed by atoms with Gasteiger partial charge in [-0.1, -0.05) is 41.2 Å². The molecule has 0 radical (unpaired) electrons. The molecule has 9 heteroatoms. The van der Waals surface area contributed by atoms with Crippen molar-refractivity contribution in [3.8, 4) is 28.8 Å². The van der Waals surface area contributed by atoms with Gasteiger partial charge in [-0.2, -0.15) is 5.26 Å². The summed E-state index contributed by atoms with van der Waals surface area (Å²) in [5, 5.41) is 9.67. The van der Waals surface area contributed by atoms with Gasteiger partial charge < -0.3 is 9.47 Å². The van der Waals surface area contributed by atoms with Crippen LogP contribution in [0.2, 0.25) is 0 Å². The van der Waals surface area contributed by atoms with Crippen molar-refractivity contribution >= 4 is 38.5 Å². The normalized spacial score (nSPS) is 10.8. The fourth-order valence-corrected chi connectivity index (χ4v) is 4.19. The van der Waals surface area contributed by atoms with Crippen LogP contribution in [0.3, 0.4) is 0 Å². The molecule has 0 unspecified atom stereocenters. The number of hydrogen-bond donors (Lipinski definition) is 0. The predicted octanol–water partition coefficient (Wildman–Crippen LogP) is 3.61. The summed E-state index contributed by atoms with van der Waals surface area (Å²) in [7, 11) is 0. The molecule has 0 aliphatic rings. The number of benzene rings is 2. The van der Waals surface area contributed by atoms with E-state index < -0.39 is 17.5 Å². The second-order valence-electron chi connectivity index (χ2n) is 6.79. The average Bonchev–Trinajstić information content (AvgIpc) is 3.05. The maximum absolute atomic E-state index is 13.2. The molecule has 2 aromatic heterocycles. The summed E-state index contributed by atoms with van der Waals surface area (Å²) in [4.78, 5) is 41.1. The Bertz CT molecular complexity index is 1480. The van der Waals surface area contributed by atoms with Gasteiger partial charge in [0.15, 0.2) is 16.5 Å². The van der Waals surface area contributed by atoms with Crippen LogP contribution in [0.4, 0.5) is 0 Å². The molecular weight excluding hydrogens is 418 g/mol. The third-order valence-corrected chi connectivity index (χ3v) is 5.47. The van der Waals surface area contributed by atoms with Crippen LogP contribution in [-0.4, -0.2) is 21.3 Å². The van der Waals surface area contributed by atoms with E-state index in [0.29, 0.717) is 26.4 Å². The molecule has 2 aromatic carbocycles. The number of esters is 2. The Hall–Kier alpha value is -4.03. The molecule has 0 aliphatic carbocycles. The lowest BCUT2D eigenvalue weighted by Gasteiger charge is -2.09. The van der Waals surface area contributed by atoms with E-state index in [-0.39, 0.29) is 17.1 Å². The summed E-state index contributed by atoms with van der Waals surface area (Å²) < 4.78 is 12.2. The van der Waals surface area contributed by atoms with Crippen LogP contribution in [0.25, 0.3) is 26.4 Å². The molecule has 0 N–H and O–H groups in total. The monoisotopic (exact) mass is 433 g/mol. The second kappa shape index (κ2) is 7.66. The van der Waals surface area contributed by atoms with E-state index in [1.54, 1.807) is 12.1 Å². The number of nitriles is 1. The lowest BCUT2D eigenvalue weighted by Crippen LogP contribution is -2.18. The summed E-state index contributed by atoms with van der Waals surface area (Å²) in [6.45, 7) is 4.38. The summed E-state index contributed by atoms with van der Waals surface area (Å²) in [5.41, 5.74) is 1.73. The van der Waals surface area contributed by atoms with Crippen molar-refractivity contribution in [3.05, 3.63) is 57.9 Å². The molecule has 4 aromatic rings. The molecule has 0 saturated carbocycles. The Morgan fingerprint density at radius 1 is 1.06 bits per heavy atom.